The molecule has 2 rings (SSSR count). The first-order valence-corrected chi connectivity index (χ1v) is 6.51. The number of carboxylic acid groups (broad SMARTS) is 1. The first-order chi connectivity index (χ1) is 9.37. The predicted molar refractivity (Wildman–Crippen MR) is 73.2 cm³/mol. The molecule has 5 heteroatoms. The Morgan fingerprint density at radius 3 is 2.30 bits per heavy atom. The molecular formula is C15H19NO4. The fraction of sp³-hybridized carbons (Fsp3) is 0.467. The summed E-state index contributed by atoms with van der Waals surface area (Å²) in [5.74, 6) is -1.37. The van der Waals surface area contributed by atoms with Gasteiger partial charge in [-0.05, 0) is 23.1 Å². The average molecular weight is 277 g/mol. The van der Waals surface area contributed by atoms with E-state index in [1.165, 1.54) is 0 Å². The van der Waals surface area contributed by atoms with Gasteiger partial charge in [0.15, 0.2) is 0 Å². The van der Waals surface area contributed by atoms with E-state index in [2.05, 4.69) is 5.32 Å². The van der Waals surface area contributed by atoms with E-state index in [0.717, 1.165) is 11.3 Å². The van der Waals surface area contributed by atoms with Gasteiger partial charge in [0.05, 0.1) is 18.9 Å². The minimum Gasteiger partial charge on any atom is -0.497 e. The van der Waals surface area contributed by atoms with Crippen LogP contribution in [0.4, 0.5) is 0 Å². The molecule has 0 bridgehead atoms. The maximum atomic E-state index is 12.0. The van der Waals surface area contributed by atoms with E-state index in [-0.39, 0.29) is 5.91 Å². The molecular weight excluding hydrogens is 258 g/mol. The molecule has 1 aromatic carbocycles. The van der Waals surface area contributed by atoms with Crippen LogP contribution in [0.3, 0.4) is 0 Å². The van der Waals surface area contributed by atoms with Gasteiger partial charge in [0, 0.05) is 6.54 Å². The lowest BCUT2D eigenvalue weighted by atomic mass is 10.1. The van der Waals surface area contributed by atoms with Crippen LogP contribution in [-0.2, 0) is 16.1 Å². The summed E-state index contributed by atoms with van der Waals surface area (Å²) in [5.41, 5.74) is 0.486. The highest BCUT2D eigenvalue weighted by Gasteiger charge is 2.65. The van der Waals surface area contributed by atoms with Crippen molar-refractivity contribution in [1.29, 1.82) is 0 Å². The van der Waals surface area contributed by atoms with Gasteiger partial charge in [0.2, 0.25) is 5.91 Å². The van der Waals surface area contributed by atoms with Crippen LogP contribution in [0.1, 0.15) is 19.4 Å². The summed E-state index contributed by atoms with van der Waals surface area (Å²) in [6.45, 7) is 4.01. The molecule has 1 amide bonds. The Labute approximate surface area is 117 Å². The molecule has 1 aliphatic carbocycles. The van der Waals surface area contributed by atoms with Gasteiger partial charge in [-0.2, -0.15) is 0 Å². The largest absolute Gasteiger partial charge is 0.497 e. The predicted octanol–water partition coefficient (Wildman–Crippen LogP) is 1.67. The van der Waals surface area contributed by atoms with Crippen molar-refractivity contribution in [2.75, 3.05) is 7.11 Å². The van der Waals surface area contributed by atoms with Crippen molar-refractivity contribution < 1.29 is 19.4 Å². The van der Waals surface area contributed by atoms with Crippen molar-refractivity contribution in [3.05, 3.63) is 29.8 Å². The van der Waals surface area contributed by atoms with Gasteiger partial charge >= 0.3 is 5.97 Å². The lowest BCUT2D eigenvalue weighted by molar-refractivity contribution is -0.140. The number of hydrogen-bond acceptors (Lipinski definition) is 3. The van der Waals surface area contributed by atoms with Gasteiger partial charge in [-0.3, -0.25) is 9.59 Å². The number of hydrogen-bond donors (Lipinski definition) is 2. The second-order valence-electron chi connectivity index (χ2n) is 5.68. The number of aliphatic carboxylic acids is 1. The summed E-state index contributed by atoms with van der Waals surface area (Å²) in [6, 6.07) is 7.38. The molecule has 0 saturated heterocycles. The van der Waals surface area contributed by atoms with Crippen molar-refractivity contribution in [2.45, 2.75) is 20.4 Å². The highest BCUT2D eigenvalue weighted by molar-refractivity contribution is 5.91. The molecule has 5 nitrogen and oxygen atoms in total. The number of carbonyl (C=O) groups is 2. The van der Waals surface area contributed by atoms with Crippen molar-refractivity contribution in [1.82, 2.24) is 5.32 Å². The molecule has 20 heavy (non-hydrogen) atoms. The number of methoxy groups -OCH3 is 1. The zero-order valence-corrected chi connectivity index (χ0v) is 11.8. The fourth-order valence-corrected chi connectivity index (χ4v) is 2.63. The second-order valence-corrected chi connectivity index (χ2v) is 5.68. The monoisotopic (exact) mass is 277 g/mol. The number of carbonyl (C=O) groups excluding carboxylic acids is 1. The minimum absolute atomic E-state index is 0.196. The Morgan fingerprint density at radius 1 is 1.25 bits per heavy atom. The van der Waals surface area contributed by atoms with Crippen LogP contribution in [0.5, 0.6) is 5.75 Å². The van der Waals surface area contributed by atoms with Crippen LogP contribution >= 0.6 is 0 Å². The molecule has 0 aliphatic heterocycles. The summed E-state index contributed by atoms with van der Waals surface area (Å²) >= 11 is 0. The summed E-state index contributed by atoms with van der Waals surface area (Å²) in [4.78, 5) is 23.1. The molecule has 2 atom stereocenters. The molecule has 108 valence electrons. The van der Waals surface area contributed by atoms with Gasteiger partial charge < -0.3 is 15.2 Å². The quantitative estimate of drug-likeness (QED) is 0.858. The van der Waals surface area contributed by atoms with Crippen LogP contribution in [0.2, 0.25) is 0 Å². The normalized spacial score (nSPS) is 22.9. The van der Waals surface area contributed by atoms with Gasteiger partial charge in [0.1, 0.15) is 5.75 Å². The third-order valence-corrected chi connectivity index (χ3v) is 4.00. The molecule has 0 radical (unpaired) electrons. The molecule has 0 heterocycles. The summed E-state index contributed by atoms with van der Waals surface area (Å²) in [5, 5.41) is 11.9. The van der Waals surface area contributed by atoms with Crippen LogP contribution in [0, 0.1) is 17.3 Å². The molecule has 1 fully saturated rings. The number of ether oxygens (including phenoxy) is 1. The number of amides is 1. The molecule has 2 N–H and O–H groups in total. The SMILES string of the molecule is COc1ccc(CNC(=O)[C@@H]2[C@H](C(=O)O)C2(C)C)cc1. The van der Waals surface area contributed by atoms with Gasteiger partial charge in [-0.25, -0.2) is 0 Å². The number of rotatable bonds is 5. The summed E-state index contributed by atoms with van der Waals surface area (Å²) in [6.07, 6.45) is 0. The lowest BCUT2D eigenvalue weighted by Gasteiger charge is -2.07. The smallest absolute Gasteiger partial charge is 0.307 e. The molecule has 1 aromatic rings. The Bertz CT molecular complexity index is 521. The Hall–Kier alpha value is -2.04. The molecule has 0 spiro atoms. The maximum absolute atomic E-state index is 12.0. The van der Waals surface area contributed by atoms with E-state index in [4.69, 9.17) is 9.84 Å². The minimum atomic E-state index is -0.903. The topological polar surface area (TPSA) is 75.6 Å². The van der Waals surface area contributed by atoms with Crippen LogP contribution in [0.25, 0.3) is 0 Å². The molecule has 1 saturated carbocycles. The fourth-order valence-electron chi connectivity index (χ4n) is 2.63. The summed E-state index contributed by atoms with van der Waals surface area (Å²) in [7, 11) is 1.60. The van der Waals surface area contributed by atoms with Crippen LogP contribution < -0.4 is 10.1 Å². The molecule has 0 unspecified atom stereocenters. The second kappa shape index (κ2) is 5.15. The number of nitrogens with one attached hydrogen (secondary N) is 1. The van der Waals surface area contributed by atoms with E-state index in [9.17, 15) is 9.59 Å². The van der Waals surface area contributed by atoms with Crippen molar-refractivity contribution in [2.24, 2.45) is 17.3 Å². The standard InChI is InChI=1S/C15H19NO4/c1-15(2)11(12(15)14(18)19)13(17)16-8-9-4-6-10(20-3)7-5-9/h4-7,11-12H,8H2,1-3H3,(H,16,17)(H,18,19)/t11-,12+/m0/s1. The first-order valence-electron chi connectivity index (χ1n) is 6.51. The zero-order valence-electron chi connectivity index (χ0n) is 11.8. The van der Waals surface area contributed by atoms with Crippen molar-refractivity contribution >= 4 is 11.9 Å². The molecule has 0 aromatic heterocycles. The Balaban J connectivity index is 1.91. The summed E-state index contributed by atoms with van der Waals surface area (Å²) < 4.78 is 5.06. The third kappa shape index (κ3) is 2.61. The Kier molecular flexibility index (Phi) is 3.70. The van der Waals surface area contributed by atoms with E-state index in [1.54, 1.807) is 7.11 Å². The van der Waals surface area contributed by atoms with Crippen LogP contribution in [0.15, 0.2) is 24.3 Å². The highest BCUT2D eigenvalue weighted by atomic mass is 16.5. The van der Waals surface area contributed by atoms with E-state index < -0.39 is 23.2 Å². The highest BCUT2D eigenvalue weighted by Crippen LogP contribution is 2.58. The first kappa shape index (κ1) is 14.4. The van der Waals surface area contributed by atoms with E-state index in [0.29, 0.717) is 6.54 Å². The van der Waals surface area contributed by atoms with Crippen molar-refractivity contribution in [3.63, 3.8) is 0 Å². The van der Waals surface area contributed by atoms with Crippen LogP contribution in [-0.4, -0.2) is 24.1 Å². The van der Waals surface area contributed by atoms with Gasteiger partial charge in [0.25, 0.3) is 0 Å². The lowest BCUT2D eigenvalue weighted by Crippen LogP contribution is -2.26. The van der Waals surface area contributed by atoms with Crippen molar-refractivity contribution in [3.8, 4) is 5.75 Å². The molecule has 1 aliphatic rings. The average Bonchev–Trinajstić information content (AvgIpc) is 3.00. The zero-order chi connectivity index (χ0) is 14.9. The number of benzene rings is 1. The van der Waals surface area contributed by atoms with Gasteiger partial charge in [-0.15, -0.1) is 0 Å². The van der Waals surface area contributed by atoms with Gasteiger partial charge in [-0.1, -0.05) is 26.0 Å². The Morgan fingerprint density at radius 2 is 1.85 bits per heavy atom. The third-order valence-electron chi connectivity index (χ3n) is 4.00. The van der Waals surface area contributed by atoms with E-state index in [1.807, 2.05) is 38.1 Å². The number of carboxylic acids is 1. The maximum Gasteiger partial charge on any atom is 0.307 e. The van der Waals surface area contributed by atoms with E-state index >= 15 is 0 Å².